The number of halogens is 1. The molecule has 1 rings (SSSR count). The van der Waals surface area contributed by atoms with Crippen LogP contribution in [0.4, 0.5) is 4.39 Å². The van der Waals surface area contributed by atoms with Gasteiger partial charge in [0.2, 0.25) is 10.0 Å². The Labute approximate surface area is 106 Å². The van der Waals surface area contributed by atoms with Crippen LogP contribution in [0.3, 0.4) is 0 Å². The lowest BCUT2D eigenvalue weighted by molar-refractivity contribution is 0.556. The molecular weight excluding hydrogens is 255 g/mol. The van der Waals surface area contributed by atoms with Gasteiger partial charge in [0.05, 0.1) is 6.54 Å². The van der Waals surface area contributed by atoms with Crippen LogP contribution < -0.4 is 10.5 Å². The highest BCUT2D eigenvalue weighted by Gasteiger charge is 2.18. The molecule has 0 radical (unpaired) electrons. The van der Waals surface area contributed by atoms with Crippen molar-refractivity contribution in [3.05, 3.63) is 29.6 Å². The van der Waals surface area contributed by atoms with Crippen LogP contribution in [0.15, 0.2) is 23.1 Å². The van der Waals surface area contributed by atoms with Crippen LogP contribution in [0.1, 0.15) is 18.9 Å². The van der Waals surface area contributed by atoms with E-state index in [9.17, 15) is 12.8 Å². The second-order valence-corrected chi connectivity index (χ2v) is 5.28. The quantitative estimate of drug-likeness (QED) is 0.796. The molecule has 0 bridgehead atoms. The fourth-order valence-electron chi connectivity index (χ4n) is 1.26. The molecule has 6 heteroatoms. The van der Waals surface area contributed by atoms with Crippen LogP contribution in [-0.4, -0.2) is 21.5 Å². The molecule has 0 amide bonds. The van der Waals surface area contributed by atoms with E-state index >= 15 is 0 Å². The molecule has 0 fully saturated rings. The third-order valence-corrected chi connectivity index (χ3v) is 3.59. The summed E-state index contributed by atoms with van der Waals surface area (Å²) in [5, 5.41) is 0. The molecule has 0 saturated heterocycles. The highest BCUT2D eigenvalue weighted by Crippen LogP contribution is 2.15. The number of hydrogen-bond donors (Lipinski definition) is 2. The van der Waals surface area contributed by atoms with E-state index in [4.69, 9.17) is 5.73 Å². The molecule has 18 heavy (non-hydrogen) atoms. The van der Waals surface area contributed by atoms with E-state index in [2.05, 4.69) is 16.6 Å². The van der Waals surface area contributed by atoms with Crippen molar-refractivity contribution in [3.63, 3.8) is 0 Å². The number of nitrogens with one attached hydrogen (secondary N) is 1. The van der Waals surface area contributed by atoms with Crippen LogP contribution in [0, 0.1) is 17.7 Å². The fraction of sp³-hybridized carbons (Fsp3) is 0.333. The second kappa shape index (κ2) is 6.50. The van der Waals surface area contributed by atoms with Crippen molar-refractivity contribution in [1.82, 2.24) is 4.72 Å². The van der Waals surface area contributed by atoms with Gasteiger partial charge in [-0.05, 0) is 24.6 Å². The molecule has 0 aliphatic heterocycles. The molecule has 4 nitrogen and oxygen atoms in total. The Balaban J connectivity index is 3.05. The third kappa shape index (κ3) is 3.81. The van der Waals surface area contributed by atoms with Gasteiger partial charge in [0.25, 0.3) is 0 Å². The molecule has 0 aliphatic carbocycles. The molecule has 98 valence electrons. The summed E-state index contributed by atoms with van der Waals surface area (Å²) in [4.78, 5) is -0.366. The minimum absolute atomic E-state index is 0.166. The van der Waals surface area contributed by atoms with Gasteiger partial charge in [-0.3, -0.25) is 0 Å². The van der Waals surface area contributed by atoms with Gasteiger partial charge in [-0.2, -0.15) is 0 Å². The van der Waals surface area contributed by atoms with Gasteiger partial charge in [-0.25, -0.2) is 17.5 Å². The summed E-state index contributed by atoms with van der Waals surface area (Å²) in [7, 11) is -3.79. The summed E-state index contributed by atoms with van der Waals surface area (Å²) in [5.41, 5.74) is 5.59. The predicted molar refractivity (Wildman–Crippen MR) is 67.8 cm³/mol. The summed E-state index contributed by atoms with van der Waals surface area (Å²) in [6.45, 7) is 2.26. The average molecular weight is 270 g/mol. The molecule has 3 N–H and O–H groups in total. The van der Waals surface area contributed by atoms with E-state index in [1.54, 1.807) is 0 Å². The van der Waals surface area contributed by atoms with E-state index in [0.717, 1.165) is 6.07 Å². The van der Waals surface area contributed by atoms with Gasteiger partial charge in [0.1, 0.15) is 10.7 Å². The van der Waals surface area contributed by atoms with Gasteiger partial charge in [0.15, 0.2) is 0 Å². The molecule has 0 unspecified atom stereocenters. The molecule has 0 aliphatic rings. The maximum Gasteiger partial charge on any atom is 0.243 e. The zero-order valence-corrected chi connectivity index (χ0v) is 10.8. The first-order valence-corrected chi connectivity index (χ1v) is 6.97. The molecule has 0 saturated carbocycles. The van der Waals surface area contributed by atoms with Gasteiger partial charge >= 0.3 is 0 Å². The molecule has 1 aromatic carbocycles. The lowest BCUT2D eigenvalue weighted by Gasteiger charge is -2.06. The molecule has 0 heterocycles. The van der Waals surface area contributed by atoms with E-state index in [0.29, 0.717) is 12.0 Å². The highest BCUT2D eigenvalue weighted by atomic mass is 32.2. The van der Waals surface area contributed by atoms with E-state index in [-0.39, 0.29) is 18.0 Å². The minimum Gasteiger partial charge on any atom is -0.320 e. The van der Waals surface area contributed by atoms with Gasteiger partial charge in [-0.1, -0.05) is 18.8 Å². The number of sulfonamides is 1. The van der Waals surface area contributed by atoms with Crippen molar-refractivity contribution >= 4 is 10.0 Å². The maximum absolute atomic E-state index is 13.7. The lowest BCUT2D eigenvalue weighted by Crippen LogP contribution is -2.25. The van der Waals surface area contributed by atoms with E-state index in [1.165, 1.54) is 12.1 Å². The fourth-order valence-corrected chi connectivity index (χ4v) is 2.45. The van der Waals surface area contributed by atoms with Crippen LogP contribution >= 0.6 is 0 Å². The van der Waals surface area contributed by atoms with Crippen LogP contribution in [-0.2, 0) is 10.0 Å². The van der Waals surface area contributed by atoms with Crippen LogP contribution in [0.5, 0.6) is 0 Å². The zero-order chi connectivity index (χ0) is 13.6. The summed E-state index contributed by atoms with van der Waals surface area (Å²) in [6.07, 6.45) is 0.640. The Kier molecular flexibility index (Phi) is 5.28. The Morgan fingerprint density at radius 1 is 1.44 bits per heavy atom. The summed E-state index contributed by atoms with van der Waals surface area (Å²) in [5.74, 6) is 4.39. The normalized spacial score (nSPS) is 10.8. The van der Waals surface area contributed by atoms with Crippen molar-refractivity contribution in [3.8, 4) is 11.8 Å². The first-order chi connectivity index (χ1) is 8.51. The van der Waals surface area contributed by atoms with Crippen LogP contribution in [0.2, 0.25) is 0 Å². The number of nitrogens with two attached hydrogens (primary N) is 1. The van der Waals surface area contributed by atoms with E-state index in [1.807, 2.05) is 6.92 Å². The average Bonchev–Trinajstić information content (AvgIpc) is 2.33. The third-order valence-electron chi connectivity index (χ3n) is 2.10. The Bertz CT molecular complexity index is 573. The topological polar surface area (TPSA) is 72.2 Å². The highest BCUT2D eigenvalue weighted by molar-refractivity contribution is 7.89. The van der Waals surface area contributed by atoms with Crippen molar-refractivity contribution in [2.24, 2.45) is 5.73 Å². The monoisotopic (exact) mass is 270 g/mol. The molecule has 0 spiro atoms. The van der Waals surface area contributed by atoms with Crippen molar-refractivity contribution in [1.29, 1.82) is 0 Å². The van der Waals surface area contributed by atoms with Crippen LogP contribution in [0.25, 0.3) is 0 Å². The lowest BCUT2D eigenvalue weighted by atomic mass is 10.2. The Morgan fingerprint density at radius 3 is 2.72 bits per heavy atom. The van der Waals surface area contributed by atoms with E-state index < -0.39 is 15.8 Å². The van der Waals surface area contributed by atoms with Gasteiger partial charge < -0.3 is 5.73 Å². The number of benzene rings is 1. The predicted octanol–water partition coefficient (Wildman–Crippen LogP) is 0.824. The standard InChI is InChI=1S/C12H15FN2O2S/c1-2-8-15-18(16,17)12-6-5-10(4-3-7-14)9-11(12)13/h5-6,9,15H,2,7-8,14H2,1H3. The van der Waals surface area contributed by atoms with Gasteiger partial charge in [0, 0.05) is 12.1 Å². The summed E-state index contributed by atoms with van der Waals surface area (Å²) in [6, 6.07) is 3.74. The molecule has 0 aromatic heterocycles. The van der Waals surface area contributed by atoms with Crippen molar-refractivity contribution in [2.45, 2.75) is 18.2 Å². The Hall–Kier alpha value is -1.42. The number of hydrogen-bond acceptors (Lipinski definition) is 3. The molecule has 1 aromatic rings. The smallest absolute Gasteiger partial charge is 0.243 e. The first kappa shape index (κ1) is 14.6. The largest absolute Gasteiger partial charge is 0.320 e. The second-order valence-electron chi connectivity index (χ2n) is 3.55. The molecule has 0 atom stereocenters. The number of rotatable bonds is 4. The Morgan fingerprint density at radius 2 is 2.17 bits per heavy atom. The van der Waals surface area contributed by atoms with Gasteiger partial charge in [-0.15, -0.1) is 0 Å². The van der Waals surface area contributed by atoms with Crippen molar-refractivity contribution in [2.75, 3.05) is 13.1 Å². The zero-order valence-electron chi connectivity index (χ0n) is 10.0. The summed E-state index contributed by atoms with van der Waals surface area (Å²) >= 11 is 0. The SMILES string of the molecule is CCCNS(=O)(=O)c1ccc(C#CCN)cc1F. The summed E-state index contributed by atoms with van der Waals surface area (Å²) < 4.78 is 39.4. The minimum atomic E-state index is -3.79. The van der Waals surface area contributed by atoms with Crippen molar-refractivity contribution < 1.29 is 12.8 Å². The molecular formula is C12H15FN2O2S. The maximum atomic E-state index is 13.7. The first-order valence-electron chi connectivity index (χ1n) is 5.49.